The molecule has 0 atom stereocenters. The highest BCUT2D eigenvalue weighted by Gasteiger charge is 2.30. The second-order valence-corrected chi connectivity index (χ2v) is 4.92. The maximum absolute atomic E-state index is 12.1. The lowest BCUT2D eigenvalue weighted by molar-refractivity contribution is -0.136. The van der Waals surface area contributed by atoms with E-state index in [9.17, 15) is 9.59 Å². The van der Waals surface area contributed by atoms with Crippen LogP contribution in [0.4, 0.5) is 0 Å². The molecule has 1 aromatic rings. The predicted molar refractivity (Wildman–Crippen MR) is 74.3 cm³/mol. The molecule has 4 heteroatoms. The van der Waals surface area contributed by atoms with E-state index in [1.54, 1.807) is 0 Å². The summed E-state index contributed by atoms with van der Waals surface area (Å²) in [5.74, 6) is -0.0937. The van der Waals surface area contributed by atoms with Crippen LogP contribution in [0, 0.1) is 0 Å². The van der Waals surface area contributed by atoms with Gasteiger partial charge in [0.15, 0.2) is 0 Å². The van der Waals surface area contributed by atoms with Gasteiger partial charge in [-0.1, -0.05) is 38.1 Å². The van der Waals surface area contributed by atoms with E-state index in [-0.39, 0.29) is 24.9 Å². The summed E-state index contributed by atoms with van der Waals surface area (Å²) < 4.78 is 0. The highest BCUT2D eigenvalue weighted by molar-refractivity contribution is 6.33. The lowest BCUT2D eigenvalue weighted by Gasteiger charge is -2.13. The van der Waals surface area contributed by atoms with Gasteiger partial charge in [-0.15, -0.1) is 0 Å². The molecule has 0 fully saturated rings. The number of benzene rings is 1. The first-order chi connectivity index (χ1) is 9.04. The number of hydrogen-bond donors (Lipinski definition) is 1. The van der Waals surface area contributed by atoms with Crippen LogP contribution in [-0.4, -0.2) is 29.8 Å². The average molecular weight is 258 g/mol. The van der Waals surface area contributed by atoms with E-state index in [1.165, 1.54) is 16.5 Å². The molecule has 1 aliphatic heterocycles. The normalized spacial score (nSPS) is 15.4. The van der Waals surface area contributed by atoms with E-state index in [4.69, 9.17) is 5.73 Å². The van der Waals surface area contributed by atoms with Crippen molar-refractivity contribution in [3.63, 3.8) is 0 Å². The van der Waals surface area contributed by atoms with Crippen LogP contribution >= 0.6 is 0 Å². The summed E-state index contributed by atoms with van der Waals surface area (Å²) >= 11 is 0. The zero-order valence-corrected chi connectivity index (χ0v) is 11.2. The molecule has 0 spiro atoms. The van der Waals surface area contributed by atoms with Crippen molar-refractivity contribution in [1.82, 2.24) is 4.90 Å². The van der Waals surface area contributed by atoms with Crippen molar-refractivity contribution in [2.75, 3.05) is 13.1 Å². The number of hydrogen-bond acceptors (Lipinski definition) is 3. The first-order valence-electron chi connectivity index (χ1n) is 6.42. The summed E-state index contributed by atoms with van der Waals surface area (Å²) in [6.07, 6.45) is 1.39. The van der Waals surface area contributed by atoms with Crippen molar-refractivity contribution in [2.24, 2.45) is 5.73 Å². The van der Waals surface area contributed by atoms with Gasteiger partial charge in [0, 0.05) is 19.2 Å². The molecule has 2 N–H and O–H groups in total. The van der Waals surface area contributed by atoms with Gasteiger partial charge in [-0.2, -0.15) is 0 Å². The Kier molecular flexibility index (Phi) is 3.81. The van der Waals surface area contributed by atoms with Crippen molar-refractivity contribution in [3.05, 3.63) is 41.5 Å². The number of carbonyl (C=O) groups excluding carboxylic acids is 2. The van der Waals surface area contributed by atoms with Crippen LogP contribution in [0.2, 0.25) is 0 Å². The highest BCUT2D eigenvalue weighted by Crippen LogP contribution is 2.25. The van der Waals surface area contributed by atoms with Crippen molar-refractivity contribution in [2.45, 2.75) is 19.8 Å². The zero-order chi connectivity index (χ0) is 14.0. The second kappa shape index (κ2) is 5.36. The number of amides is 2. The second-order valence-electron chi connectivity index (χ2n) is 4.92. The summed E-state index contributed by atoms with van der Waals surface area (Å²) in [6.45, 7) is 4.77. The molecule has 0 saturated heterocycles. The topological polar surface area (TPSA) is 63.4 Å². The number of nitrogens with two attached hydrogens (primary N) is 1. The molecule has 0 bridgehead atoms. The lowest BCUT2D eigenvalue weighted by atomic mass is 9.99. The number of carbonyl (C=O) groups is 2. The fourth-order valence-corrected chi connectivity index (χ4v) is 2.10. The SMILES string of the molecule is CC(C)c1ccc(C2=CC(=O)N(CCN)C2=O)cc1. The Hall–Kier alpha value is -1.94. The van der Waals surface area contributed by atoms with Crippen molar-refractivity contribution >= 4 is 17.4 Å². The molecular weight excluding hydrogens is 240 g/mol. The smallest absolute Gasteiger partial charge is 0.261 e. The average Bonchev–Trinajstić information content (AvgIpc) is 2.67. The van der Waals surface area contributed by atoms with Crippen molar-refractivity contribution in [3.8, 4) is 0 Å². The first-order valence-corrected chi connectivity index (χ1v) is 6.42. The van der Waals surface area contributed by atoms with Gasteiger partial charge in [0.2, 0.25) is 0 Å². The fraction of sp³-hybridized carbons (Fsp3) is 0.333. The minimum Gasteiger partial charge on any atom is -0.329 e. The summed E-state index contributed by atoms with van der Waals surface area (Å²) in [5.41, 5.74) is 7.84. The maximum atomic E-state index is 12.1. The Balaban J connectivity index is 2.25. The van der Waals surface area contributed by atoms with Gasteiger partial charge in [-0.05, 0) is 17.0 Å². The van der Waals surface area contributed by atoms with E-state index in [1.807, 2.05) is 24.3 Å². The van der Waals surface area contributed by atoms with E-state index in [0.717, 1.165) is 5.56 Å². The third kappa shape index (κ3) is 2.58. The predicted octanol–water partition coefficient (Wildman–Crippen LogP) is 1.52. The summed E-state index contributed by atoms with van der Waals surface area (Å²) in [7, 11) is 0. The molecule has 0 aromatic heterocycles. The van der Waals surface area contributed by atoms with Crippen LogP contribution < -0.4 is 5.73 Å². The van der Waals surface area contributed by atoms with Crippen LogP contribution in [0.15, 0.2) is 30.3 Å². The van der Waals surface area contributed by atoms with Crippen LogP contribution in [0.5, 0.6) is 0 Å². The Labute approximate surface area is 112 Å². The molecule has 0 unspecified atom stereocenters. The van der Waals surface area contributed by atoms with Crippen LogP contribution in [0.1, 0.15) is 30.9 Å². The molecule has 1 aromatic carbocycles. The van der Waals surface area contributed by atoms with Crippen molar-refractivity contribution in [1.29, 1.82) is 0 Å². The molecule has 2 amide bonds. The summed E-state index contributed by atoms with van der Waals surface area (Å²) in [5, 5.41) is 0. The van der Waals surface area contributed by atoms with Gasteiger partial charge in [-0.3, -0.25) is 14.5 Å². The Morgan fingerprint density at radius 2 is 1.79 bits per heavy atom. The van der Waals surface area contributed by atoms with E-state index >= 15 is 0 Å². The first kappa shape index (κ1) is 13.5. The van der Waals surface area contributed by atoms with Gasteiger partial charge in [0.05, 0.1) is 5.57 Å². The molecule has 2 rings (SSSR count). The fourth-order valence-electron chi connectivity index (χ4n) is 2.10. The summed E-state index contributed by atoms with van der Waals surface area (Å²) in [6, 6.07) is 7.75. The molecule has 4 nitrogen and oxygen atoms in total. The number of nitrogens with zero attached hydrogens (tertiary/aromatic N) is 1. The Morgan fingerprint density at radius 1 is 1.16 bits per heavy atom. The largest absolute Gasteiger partial charge is 0.329 e. The molecule has 1 heterocycles. The lowest BCUT2D eigenvalue weighted by Crippen LogP contribution is -2.35. The highest BCUT2D eigenvalue weighted by atomic mass is 16.2. The monoisotopic (exact) mass is 258 g/mol. The van der Waals surface area contributed by atoms with Crippen LogP contribution in [0.3, 0.4) is 0 Å². The molecule has 0 saturated carbocycles. The minimum atomic E-state index is -0.279. The summed E-state index contributed by atoms with van der Waals surface area (Å²) in [4.78, 5) is 25.0. The Morgan fingerprint density at radius 3 is 2.32 bits per heavy atom. The third-order valence-electron chi connectivity index (χ3n) is 3.25. The van der Waals surface area contributed by atoms with Crippen molar-refractivity contribution < 1.29 is 9.59 Å². The van der Waals surface area contributed by atoms with Gasteiger partial charge >= 0.3 is 0 Å². The van der Waals surface area contributed by atoms with Gasteiger partial charge in [-0.25, -0.2) is 0 Å². The van der Waals surface area contributed by atoms with E-state index < -0.39 is 0 Å². The molecule has 19 heavy (non-hydrogen) atoms. The quantitative estimate of drug-likeness (QED) is 0.833. The Bertz CT molecular complexity index is 530. The number of imide groups is 1. The van der Waals surface area contributed by atoms with E-state index in [0.29, 0.717) is 11.5 Å². The maximum Gasteiger partial charge on any atom is 0.261 e. The molecule has 100 valence electrons. The molecule has 1 aliphatic rings. The van der Waals surface area contributed by atoms with Gasteiger partial charge in [0.25, 0.3) is 11.8 Å². The zero-order valence-electron chi connectivity index (χ0n) is 11.2. The molecule has 0 aliphatic carbocycles. The van der Waals surface area contributed by atoms with Crippen LogP contribution in [0.25, 0.3) is 5.57 Å². The minimum absolute atomic E-state index is 0.257. The molecular formula is C15H18N2O2. The van der Waals surface area contributed by atoms with Gasteiger partial charge < -0.3 is 5.73 Å². The molecule has 0 radical (unpaired) electrons. The third-order valence-corrected chi connectivity index (χ3v) is 3.25. The number of rotatable bonds is 4. The van der Waals surface area contributed by atoms with E-state index in [2.05, 4.69) is 13.8 Å². The van der Waals surface area contributed by atoms with Gasteiger partial charge in [0.1, 0.15) is 0 Å². The standard InChI is InChI=1S/C15H18N2O2/c1-10(2)11-3-5-12(6-4-11)13-9-14(18)17(8-7-16)15(13)19/h3-6,9-10H,7-8,16H2,1-2H3. The van der Waals surface area contributed by atoms with Crippen LogP contribution in [-0.2, 0) is 9.59 Å².